The van der Waals surface area contributed by atoms with E-state index in [1.807, 2.05) is 81.7 Å². The lowest BCUT2D eigenvalue weighted by molar-refractivity contribution is -0.141. The number of amides is 2. The lowest BCUT2D eigenvalue weighted by Crippen LogP contribution is -2.62. The highest BCUT2D eigenvalue weighted by molar-refractivity contribution is 7.13. The molecule has 1 spiro atoms. The van der Waals surface area contributed by atoms with Crippen LogP contribution in [0.3, 0.4) is 0 Å². The summed E-state index contributed by atoms with van der Waals surface area (Å²) in [5.41, 5.74) is 9.72. The zero-order valence-corrected chi connectivity index (χ0v) is 35.8. The topological polar surface area (TPSA) is 163 Å². The molecule has 6 aromatic rings. The number of aryl methyl sites for hydroxylation is 1. The summed E-state index contributed by atoms with van der Waals surface area (Å²) in [5.74, 6) is 0.492. The molecule has 13 nitrogen and oxygen atoms in total. The molecule has 2 saturated carbocycles. The van der Waals surface area contributed by atoms with Gasteiger partial charge in [-0.1, -0.05) is 55.4 Å². The molecule has 2 aliphatic heterocycles. The van der Waals surface area contributed by atoms with Crippen LogP contribution < -0.4 is 10.2 Å². The zero-order valence-electron chi connectivity index (χ0n) is 35.0. The standard InChI is InChI=1S/C47H52N8O5S/c1-26(2)43(46(59)54-22-33(56)16-39(54)45(58)49-27(3)29-12-14-30(15-13-29)44-28(4)48-25-61-44)41-19-42(52-60-41)53-23-47(24-53)20-31(21-47)37-18-36-38(55(37)32-8-7-9-32)17-35(50-51-36)34-10-5-6-11-40(34)57/h5-6,10-15,17-19,25-27,31-33,39,43,56-57H,7-9,16,20-24H2,1-4H3,(H,49,58)/t27-,33?,39?,43+/m0/s1. The molecule has 14 heteroatoms. The van der Waals surface area contributed by atoms with Crippen LogP contribution in [-0.2, 0) is 9.59 Å². The Kier molecular flexibility index (Phi) is 9.97. The molecule has 4 aromatic heterocycles. The van der Waals surface area contributed by atoms with Gasteiger partial charge in [0.25, 0.3) is 0 Å². The second-order valence-corrected chi connectivity index (χ2v) is 19.2. The van der Waals surface area contributed by atoms with E-state index in [4.69, 9.17) is 4.52 Å². The number of carbonyl (C=O) groups is 2. The number of anilines is 1. The van der Waals surface area contributed by atoms with Gasteiger partial charge in [-0.3, -0.25) is 9.59 Å². The number of phenolic OH excluding ortho intramolecular Hbond substituents is 1. The predicted molar refractivity (Wildman–Crippen MR) is 233 cm³/mol. The largest absolute Gasteiger partial charge is 0.507 e. The number of nitrogens with one attached hydrogen (secondary N) is 1. The highest BCUT2D eigenvalue weighted by atomic mass is 32.1. The first-order chi connectivity index (χ1) is 29.4. The third-order valence-electron chi connectivity index (χ3n) is 13.8. The summed E-state index contributed by atoms with van der Waals surface area (Å²) in [6, 6.07) is 20.9. The number of aliphatic hydroxyl groups excluding tert-OH is 1. The highest BCUT2D eigenvalue weighted by Gasteiger charge is 2.54. The monoisotopic (exact) mass is 840 g/mol. The molecule has 0 bridgehead atoms. The van der Waals surface area contributed by atoms with Gasteiger partial charge in [-0.2, -0.15) is 0 Å². The van der Waals surface area contributed by atoms with Crippen molar-refractivity contribution in [2.75, 3.05) is 24.5 Å². The van der Waals surface area contributed by atoms with Crippen molar-refractivity contribution in [3.8, 4) is 27.4 Å². The molecule has 6 heterocycles. The molecule has 10 rings (SSSR count). The molecule has 4 atom stereocenters. The number of aromatic hydroxyl groups is 1. The number of rotatable bonds is 11. The van der Waals surface area contributed by atoms with Crippen molar-refractivity contribution in [2.24, 2.45) is 11.3 Å². The van der Waals surface area contributed by atoms with Crippen LogP contribution in [0.25, 0.3) is 32.7 Å². The van der Waals surface area contributed by atoms with Gasteiger partial charge >= 0.3 is 0 Å². The molecule has 4 fully saturated rings. The summed E-state index contributed by atoms with van der Waals surface area (Å²) in [7, 11) is 0. The summed E-state index contributed by atoms with van der Waals surface area (Å²) >= 11 is 1.60. The normalized spacial score (nSPS) is 21.1. The van der Waals surface area contributed by atoms with Crippen molar-refractivity contribution < 1.29 is 24.3 Å². The van der Waals surface area contributed by atoms with Crippen molar-refractivity contribution in [3.63, 3.8) is 0 Å². The maximum absolute atomic E-state index is 14.4. The summed E-state index contributed by atoms with van der Waals surface area (Å²) in [6.07, 6.45) is 5.04. The Morgan fingerprint density at radius 1 is 1.00 bits per heavy atom. The number of phenols is 1. The van der Waals surface area contributed by atoms with Crippen molar-refractivity contribution >= 4 is 40.0 Å². The third-order valence-corrected chi connectivity index (χ3v) is 14.8. The van der Waals surface area contributed by atoms with E-state index in [1.54, 1.807) is 17.4 Å². The number of benzene rings is 2. The van der Waals surface area contributed by atoms with Crippen molar-refractivity contribution in [1.29, 1.82) is 0 Å². The van der Waals surface area contributed by atoms with Crippen LogP contribution in [0, 0.1) is 18.3 Å². The van der Waals surface area contributed by atoms with Crippen LogP contribution in [0.2, 0.25) is 0 Å². The van der Waals surface area contributed by atoms with Gasteiger partial charge in [0.15, 0.2) is 11.6 Å². The number of β-amino-alcohol motifs (C(OH)–C–C–N with tert-alkyl or cyclic N) is 1. The Morgan fingerprint density at radius 3 is 2.46 bits per heavy atom. The SMILES string of the molecule is Cc1ncsc1-c1ccc([C@H](C)NC(=O)C2CC(O)CN2C(=O)[C@@H](c2cc(N3CC4(CC(c5cc6nnc(-c7ccccc7O)cc6n5C5CCC5)C4)C3)no2)C(C)C)cc1. The lowest BCUT2D eigenvalue weighted by atomic mass is 9.57. The Morgan fingerprint density at radius 2 is 1.77 bits per heavy atom. The van der Waals surface area contributed by atoms with Gasteiger partial charge in [0.1, 0.15) is 23.2 Å². The number of hydrogen-bond donors (Lipinski definition) is 3. The van der Waals surface area contributed by atoms with Gasteiger partial charge in [0, 0.05) is 60.8 Å². The molecule has 3 N–H and O–H groups in total. The molecule has 2 amide bonds. The van der Waals surface area contributed by atoms with Gasteiger partial charge in [-0.05, 0) is 87.3 Å². The van der Waals surface area contributed by atoms with Crippen molar-refractivity contribution in [1.82, 2.24) is 35.1 Å². The van der Waals surface area contributed by atoms with Crippen LogP contribution in [0.15, 0.2) is 76.8 Å². The number of aromatic nitrogens is 5. The van der Waals surface area contributed by atoms with Crippen LogP contribution in [0.1, 0.15) is 106 Å². The van der Waals surface area contributed by atoms with E-state index in [0.717, 1.165) is 77.3 Å². The van der Waals surface area contributed by atoms with Gasteiger partial charge in [-0.15, -0.1) is 21.5 Å². The van der Waals surface area contributed by atoms with E-state index in [9.17, 15) is 19.8 Å². The fourth-order valence-electron chi connectivity index (χ4n) is 10.3. The first kappa shape index (κ1) is 39.5. The molecule has 61 heavy (non-hydrogen) atoms. The van der Waals surface area contributed by atoms with Crippen molar-refractivity contribution in [2.45, 2.75) is 102 Å². The highest BCUT2D eigenvalue weighted by Crippen LogP contribution is 2.58. The van der Waals surface area contributed by atoms with Gasteiger partial charge in [-0.25, -0.2) is 4.98 Å². The molecule has 4 aliphatic rings. The Balaban J connectivity index is 0.792. The van der Waals surface area contributed by atoms with Crippen molar-refractivity contribution in [3.05, 3.63) is 95.0 Å². The number of fused-ring (bicyclic) bond motifs is 1. The molecule has 0 radical (unpaired) electrons. The molecular weight excluding hydrogens is 789 g/mol. The Bertz CT molecular complexity index is 2600. The number of para-hydroxylation sites is 1. The number of hydrogen-bond acceptors (Lipinski definition) is 11. The first-order valence-electron chi connectivity index (χ1n) is 21.6. The van der Waals surface area contributed by atoms with E-state index in [1.165, 1.54) is 17.0 Å². The van der Waals surface area contributed by atoms with Gasteiger partial charge < -0.3 is 34.4 Å². The minimum Gasteiger partial charge on any atom is -0.507 e. The third kappa shape index (κ3) is 7.07. The predicted octanol–water partition coefficient (Wildman–Crippen LogP) is 7.91. The van der Waals surface area contributed by atoms with E-state index in [2.05, 4.69) is 47.3 Å². The minimum absolute atomic E-state index is 0.0816. The number of aliphatic hydroxyl groups is 1. The average Bonchev–Trinajstić information content (AvgIpc) is 4.00. The number of carbonyl (C=O) groups excluding carboxylic acids is 2. The Hall–Kier alpha value is -5.60. The second kappa shape index (κ2) is 15.4. The molecule has 2 aliphatic carbocycles. The van der Waals surface area contributed by atoms with E-state index in [0.29, 0.717) is 29.0 Å². The Labute approximate surface area is 358 Å². The molecule has 2 unspecified atom stereocenters. The summed E-state index contributed by atoms with van der Waals surface area (Å²) < 4.78 is 8.44. The molecule has 2 aromatic carbocycles. The number of likely N-dealkylation sites (tertiary alicyclic amines) is 1. The summed E-state index contributed by atoms with van der Waals surface area (Å²) in [5, 5.41) is 38.0. The van der Waals surface area contributed by atoms with Crippen LogP contribution in [0.4, 0.5) is 5.82 Å². The maximum Gasteiger partial charge on any atom is 0.243 e. The molecular formula is C47H52N8O5S. The number of thiazole rings is 1. The van der Waals surface area contributed by atoms with E-state index in [-0.39, 0.29) is 47.9 Å². The van der Waals surface area contributed by atoms with Gasteiger partial charge in [0.2, 0.25) is 11.8 Å². The molecule has 316 valence electrons. The van der Waals surface area contributed by atoms with Crippen LogP contribution in [0.5, 0.6) is 5.75 Å². The smallest absolute Gasteiger partial charge is 0.243 e. The summed E-state index contributed by atoms with van der Waals surface area (Å²) in [4.78, 5) is 37.4. The van der Waals surface area contributed by atoms with Crippen LogP contribution >= 0.6 is 11.3 Å². The summed E-state index contributed by atoms with van der Waals surface area (Å²) in [6.45, 7) is 9.68. The first-order valence-corrected chi connectivity index (χ1v) is 22.5. The lowest BCUT2D eigenvalue weighted by Gasteiger charge is -2.59. The van der Waals surface area contributed by atoms with E-state index < -0.39 is 18.1 Å². The van der Waals surface area contributed by atoms with Crippen LogP contribution in [-0.4, -0.2) is 83.6 Å². The second-order valence-electron chi connectivity index (χ2n) is 18.3. The van der Waals surface area contributed by atoms with E-state index >= 15 is 0 Å². The molecule has 2 saturated heterocycles. The quantitative estimate of drug-likeness (QED) is 0.117. The fourth-order valence-corrected chi connectivity index (χ4v) is 11.1. The minimum atomic E-state index is -0.803. The zero-order chi connectivity index (χ0) is 42.2. The maximum atomic E-state index is 14.4. The van der Waals surface area contributed by atoms with Gasteiger partial charge in [0.05, 0.1) is 39.4 Å². The number of nitrogens with zero attached hydrogens (tertiary/aromatic N) is 7. The fraction of sp³-hybridized carbons (Fsp3) is 0.447. The average molecular weight is 841 g/mol.